The molecule has 0 saturated carbocycles. The molecule has 2 heterocycles. The van der Waals surface area contributed by atoms with Crippen LogP contribution in [-0.4, -0.2) is 9.55 Å². The SMILES string of the molecule is Cl.O=c1ccccn1-c1cccnc1. The van der Waals surface area contributed by atoms with Crippen LogP contribution in [0.2, 0.25) is 0 Å². The average Bonchev–Trinajstić information content (AvgIpc) is 2.20. The number of nitrogens with zero attached hydrogens (tertiary/aromatic N) is 2. The molecule has 0 fully saturated rings. The zero-order valence-corrected chi connectivity index (χ0v) is 8.15. The first-order chi connectivity index (χ1) is 6.38. The first-order valence-corrected chi connectivity index (χ1v) is 3.96. The first-order valence-electron chi connectivity index (χ1n) is 3.96. The number of rotatable bonds is 1. The van der Waals surface area contributed by atoms with Crippen molar-refractivity contribution in [2.45, 2.75) is 0 Å². The van der Waals surface area contributed by atoms with E-state index in [2.05, 4.69) is 4.98 Å². The molecule has 0 amide bonds. The Kier molecular flexibility index (Phi) is 3.42. The molecule has 0 atom stereocenters. The van der Waals surface area contributed by atoms with Gasteiger partial charge in [-0.15, -0.1) is 12.4 Å². The van der Waals surface area contributed by atoms with Crippen LogP contribution in [0.5, 0.6) is 0 Å². The van der Waals surface area contributed by atoms with E-state index in [4.69, 9.17) is 0 Å². The lowest BCUT2D eigenvalue weighted by Gasteiger charge is -2.02. The second-order valence-corrected chi connectivity index (χ2v) is 2.62. The lowest BCUT2D eigenvalue weighted by Crippen LogP contribution is -2.15. The van der Waals surface area contributed by atoms with Crippen LogP contribution in [0.1, 0.15) is 0 Å². The van der Waals surface area contributed by atoms with E-state index < -0.39 is 0 Å². The van der Waals surface area contributed by atoms with E-state index in [9.17, 15) is 4.79 Å². The second kappa shape index (κ2) is 4.58. The lowest BCUT2D eigenvalue weighted by atomic mass is 10.4. The molecule has 4 heteroatoms. The molecule has 0 aliphatic rings. The Morgan fingerprint density at radius 2 is 2.00 bits per heavy atom. The number of pyridine rings is 2. The van der Waals surface area contributed by atoms with Crippen molar-refractivity contribution in [1.29, 1.82) is 0 Å². The normalized spacial score (nSPS) is 9.14. The maximum Gasteiger partial charge on any atom is 0.255 e. The fourth-order valence-electron chi connectivity index (χ4n) is 1.14. The summed E-state index contributed by atoms with van der Waals surface area (Å²) in [4.78, 5) is 15.3. The molecule has 0 bridgehead atoms. The maximum atomic E-state index is 11.4. The Labute approximate surface area is 87.5 Å². The number of halogens is 1. The summed E-state index contributed by atoms with van der Waals surface area (Å²) in [6.07, 6.45) is 5.05. The topological polar surface area (TPSA) is 34.9 Å². The highest BCUT2D eigenvalue weighted by molar-refractivity contribution is 5.85. The first kappa shape index (κ1) is 10.5. The summed E-state index contributed by atoms with van der Waals surface area (Å²) in [6.45, 7) is 0. The Hall–Kier alpha value is -1.61. The molecule has 2 aromatic heterocycles. The van der Waals surface area contributed by atoms with Crippen LogP contribution in [0.3, 0.4) is 0 Å². The third-order valence-electron chi connectivity index (χ3n) is 1.75. The summed E-state index contributed by atoms with van der Waals surface area (Å²) >= 11 is 0. The highest BCUT2D eigenvalue weighted by Gasteiger charge is 1.95. The van der Waals surface area contributed by atoms with Crippen molar-refractivity contribution in [3.8, 4) is 5.69 Å². The van der Waals surface area contributed by atoms with Crippen LogP contribution in [0.4, 0.5) is 0 Å². The summed E-state index contributed by atoms with van der Waals surface area (Å²) < 4.78 is 1.55. The minimum Gasteiger partial charge on any atom is -0.283 e. The van der Waals surface area contributed by atoms with Crippen LogP contribution in [0.15, 0.2) is 53.7 Å². The fraction of sp³-hybridized carbons (Fsp3) is 0. The van der Waals surface area contributed by atoms with Crippen molar-refractivity contribution >= 4 is 12.4 Å². The predicted molar refractivity (Wildman–Crippen MR) is 57.1 cm³/mol. The van der Waals surface area contributed by atoms with Gasteiger partial charge in [-0.1, -0.05) is 6.07 Å². The van der Waals surface area contributed by atoms with Gasteiger partial charge < -0.3 is 0 Å². The minimum absolute atomic E-state index is 0. The third kappa shape index (κ3) is 2.00. The fourth-order valence-corrected chi connectivity index (χ4v) is 1.14. The Bertz CT molecular complexity index is 453. The molecule has 0 N–H and O–H groups in total. The van der Waals surface area contributed by atoms with Gasteiger partial charge in [0.1, 0.15) is 0 Å². The van der Waals surface area contributed by atoms with E-state index in [-0.39, 0.29) is 18.0 Å². The Morgan fingerprint density at radius 3 is 2.64 bits per heavy atom. The highest BCUT2D eigenvalue weighted by Crippen LogP contribution is 1.99. The molecule has 72 valence electrons. The zero-order chi connectivity index (χ0) is 9.10. The molecule has 0 spiro atoms. The average molecular weight is 209 g/mol. The lowest BCUT2D eigenvalue weighted by molar-refractivity contribution is 0.978. The van der Waals surface area contributed by atoms with Crippen LogP contribution >= 0.6 is 12.4 Å². The number of hydrogen-bond acceptors (Lipinski definition) is 2. The quantitative estimate of drug-likeness (QED) is 0.715. The summed E-state index contributed by atoms with van der Waals surface area (Å²) in [5, 5.41) is 0. The van der Waals surface area contributed by atoms with E-state index in [1.807, 2.05) is 12.1 Å². The van der Waals surface area contributed by atoms with Crippen LogP contribution < -0.4 is 5.56 Å². The van der Waals surface area contributed by atoms with Crippen LogP contribution in [0.25, 0.3) is 5.69 Å². The van der Waals surface area contributed by atoms with E-state index in [0.717, 1.165) is 5.69 Å². The van der Waals surface area contributed by atoms with Crippen molar-refractivity contribution in [2.24, 2.45) is 0 Å². The van der Waals surface area contributed by atoms with Gasteiger partial charge in [0.2, 0.25) is 0 Å². The van der Waals surface area contributed by atoms with Crippen LogP contribution in [-0.2, 0) is 0 Å². The van der Waals surface area contributed by atoms with E-state index in [0.29, 0.717) is 0 Å². The molecule has 0 aliphatic heterocycles. The van der Waals surface area contributed by atoms with Gasteiger partial charge in [0.25, 0.3) is 5.56 Å². The van der Waals surface area contributed by atoms with Gasteiger partial charge in [0.15, 0.2) is 0 Å². The molecule has 0 aliphatic carbocycles. The number of aromatic nitrogens is 2. The third-order valence-corrected chi connectivity index (χ3v) is 1.75. The van der Waals surface area contributed by atoms with Crippen molar-refractivity contribution < 1.29 is 0 Å². The molecule has 0 unspecified atom stereocenters. The highest BCUT2D eigenvalue weighted by atomic mass is 35.5. The summed E-state index contributed by atoms with van der Waals surface area (Å²) in [6, 6.07) is 8.69. The van der Waals surface area contributed by atoms with Crippen LogP contribution in [0, 0.1) is 0 Å². The smallest absolute Gasteiger partial charge is 0.255 e. The predicted octanol–water partition coefficient (Wildman–Crippen LogP) is 1.65. The van der Waals surface area contributed by atoms with Gasteiger partial charge in [-0.05, 0) is 18.2 Å². The summed E-state index contributed by atoms with van der Waals surface area (Å²) in [7, 11) is 0. The van der Waals surface area contributed by atoms with E-state index in [1.54, 1.807) is 35.3 Å². The van der Waals surface area contributed by atoms with Crippen molar-refractivity contribution in [1.82, 2.24) is 9.55 Å². The standard InChI is InChI=1S/C10H8N2O.ClH/c13-10-5-1-2-7-12(10)9-4-3-6-11-8-9;/h1-8H;1H. The molecule has 0 aromatic carbocycles. The molecule has 0 saturated heterocycles. The van der Waals surface area contributed by atoms with E-state index in [1.165, 1.54) is 6.07 Å². The summed E-state index contributed by atoms with van der Waals surface area (Å²) in [5.41, 5.74) is 0.739. The Balaban J connectivity index is 0.000000980. The van der Waals surface area contributed by atoms with Gasteiger partial charge in [-0.2, -0.15) is 0 Å². The number of hydrogen-bond donors (Lipinski definition) is 0. The molecule has 2 rings (SSSR count). The monoisotopic (exact) mass is 208 g/mol. The van der Waals surface area contributed by atoms with Gasteiger partial charge in [-0.25, -0.2) is 0 Å². The minimum atomic E-state index is -0.0458. The van der Waals surface area contributed by atoms with Gasteiger partial charge in [0.05, 0.1) is 11.9 Å². The largest absolute Gasteiger partial charge is 0.283 e. The molecule has 0 radical (unpaired) electrons. The molecule has 2 aromatic rings. The molecular formula is C10H9ClN2O. The van der Waals surface area contributed by atoms with Gasteiger partial charge in [-0.3, -0.25) is 14.3 Å². The molecule has 14 heavy (non-hydrogen) atoms. The van der Waals surface area contributed by atoms with Crippen molar-refractivity contribution in [2.75, 3.05) is 0 Å². The van der Waals surface area contributed by atoms with Crippen molar-refractivity contribution in [3.05, 3.63) is 59.3 Å². The molecular weight excluding hydrogens is 200 g/mol. The molecule has 3 nitrogen and oxygen atoms in total. The van der Waals surface area contributed by atoms with Gasteiger partial charge >= 0.3 is 0 Å². The van der Waals surface area contributed by atoms with Gasteiger partial charge in [0, 0.05) is 18.5 Å². The summed E-state index contributed by atoms with van der Waals surface area (Å²) in [5.74, 6) is 0. The maximum absolute atomic E-state index is 11.4. The second-order valence-electron chi connectivity index (χ2n) is 2.62. The van der Waals surface area contributed by atoms with Crippen molar-refractivity contribution in [3.63, 3.8) is 0 Å². The van der Waals surface area contributed by atoms with E-state index >= 15 is 0 Å². The Morgan fingerprint density at radius 1 is 1.14 bits per heavy atom. The zero-order valence-electron chi connectivity index (χ0n) is 7.33.